The number of halogens is 2. The number of nitrogens with zero attached hydrogens (tertiary/aromatic N) is 2. The van der Waals surface area contributed by atoms with E-state index in [1.165, 1.54) is 11.6 Å². The normalized spacial score (nSPS) is 11.5. The van der Waals surface area contributed by atoms with Crippen LogP contribution in [0.25, 0.3) is 5.69 Å². The van der Waals surface area contributed by atoms with Crippen LogP contribution in [0.5, 0.6) is 0 Å². The number of benzene rings is 1. The monoisotopic (exact) mass is 426 g/mol. The summed E-state index contributed by atoms with van der Waals surface area (Å²) in [5, 5.41) is 9.22. The molecule has 2 rings (SSSR count). The van der Waals surface area contributed by atoms with Crippen molar-refractivity contribution in [2.45, 2.75) is 53.2 Å². The van der Waals surface area contributed by atoms with E-state index in [9.17, 15) is 19.5 Å². The molecule has 7 nitrogen and oxygen atoms in total. The minimum atomic E-state index is -1.39. The van der Waals surface area contributed by atoms with E-state index in [-0.39, 0.29) is 34.4 Å². The number of aromatic carboxylic acids is 1. The fraction of sp³-hybridized carbons (Fsp3) is 0.450. The second-order valence-corrected chi connectivity index (χ2v) is 7.73. The van der Waals surface area contributed by atoms with E-state index in [4.69, 9.17) is 16.3 Å². The minimum absolute atomic E-state index is 0.0731. The van der Waals surface area contributed by atoms with Crippen LogP contribution in [0.4, 0.5) is 4.39 Å². The van der Waals surface area contributed by atoms with E-state index in [2.05, 4.69) is 0 Å². The van der Waals surface area contributed by atoms with Gasteiger partial charge in [-0.25, -0.2) is 18.5 Å². The average molecular weight is 427 g/mol. The molecule has 29 heavy (non-hydrogen) atoms. The zero-order valence-corrected chi connectivity index (χ0v) is 17.9. The van der Waals surface area contributed by atoms with Crippen LogP contribution in [0.1, 0.15) is 60.8 Å². The Morgan fingerprint density at radius 3 is 2.34 bits per heavy atom. The number of rotatable bonds is 6. The Bertz CT molecular complexity index is 1090. The molecule has 1 aromatic heterocycles. The highest BCUT2D eigenvalue weighted by Crippen LogP contribution is 2.33. The molecule has 9 heteroatoms. The van der Waals surface area contributed by atoms with Crippen molar-refractivity contribution in [3.05, 3.63) is 60.1 Å². The Hall–Kier alpha value is -2.45. The number of carbonyl (C=O) groups is 1. The second-order valence-electron chi connectivity index (χ2n) is 7.35. The van der Waals surface area contributed by atoms with Crippen LogP contribution in [0.15, 0.2) is 15.7 Å². The lowest BCUT2D eigenvalue weighted by Gasteiger charge is -2.19. The molecule has 1 N–H and O–H groups in total. The van der Waals surface area contributed by atoms with Crippen molar-refractivity contribution >= 4 is 17.6 Å². The predicted molar refractivity (Wildman–Crippen MR) is 108 cm³/mol. The van der Waals surface area contributed by atoms with Crippen LogP contribution in [-0.2, 0) is 18.4 Å². The van der Waals surface area contributed by atoms with Crippen molar-refractivity contribution in [3.63, 3.8) is 0 Å². The predicted octanol–water partition coefficient (Wildman–Crippen LogP) is 3.38. The molecule has 2 aromatic rings. The van der Waals surface area contributed by atoms with Gasteiger partial charge in [0.25, 0.3) is 5.56 Å². The molecule has 0 radical (unpaired) electrons. The number of hydrogen-bond donors (Lipinski definition) is 1. The molecule has 0 aliphatic carbocycles. The SMILES string of the molecule is Cc1c(COC(C)C)c(=O)n(-c2cc(C(=O)O)c(Cl)c(C(C)C)c2F)c(=O)n1C. The summed E-state index contributed by atoms with van der Waals surface area (Å²) in [6.07, 6.45) is -0.169. The molecular formula is C20H24ClFN2O5. The molecule has 0 atom stereocenters. The number of carboxylic acid groups (broad SMARTS) is 1. The van der Waals surface area contributed by atoms with Crippen molar-refractivity contribution < 1.29 is 19.0 Å². The first-order valence-electron chi connectivity index (χ1n) is 9.08. The first kappa shape index (κ1) is 22.8. The molecule has 0 unspecified atom stereocenters. The molecule has 158 valence electrons. The van der Waals surface area contributed by atoms with Crippen molar-refractivity contribution in [3.8, 4) is 5.69 Å². The van der Waals surface area contributed by atoms with E-state index in [0.717, 1.165) is 6.07 Å². The minimum Gasteiger partial charge on any atom is -0.478 e. The third-order valence-electron chi connectivity index (χ3n) is 4.70. The van der Waals surface area contributed by atoms with Gasteiger partial charge in [0.1, 0.15) is 0 Å². The van der Waals surface area contributed by atoms with Crippen LogP contribution in [0.3, 0.4) is 0 Å². The second kappa shape index (κ2) is 8.51. The summed E-state index contributed by atoms with van der Waals surface area (Å²) in [5.74, 6) is -2.78. The number of carboxylic acids is 1. The van der Waals surface area contributed by atoms with Gasteiger partial charge in [-0.2, -0.15) is 0 Å². The Morgan fingerprint density at radius 1 is 1.28 bits per heavy atom. The number of aromatic nitrogens is 2. The molecule has 1 heterocycles. The van der Waals surface area contributed by atoms with Crippen LogP contribution in [0.2, 0.25) is 5.02 Å². The van der Waals surface area contributed by atoms with Crippen molar-refractivity contribution in [2.75, 3.05) is 0 Å². The lowest BCUT2D eigenvalue weighted by Crippen LogP contribution is -2.42. The van der Waals surface area contributed by atoms with Gasteiger partial charge in [-0.05, 0) is 32.8 Å². The largest absolute Gasteiger partial charge is 0.478 e. The van der Waals surface area contributed by atoms with Crippen molar-refractivity contribution in [1.82, 2.24) is 9.13 Å². The Labute approximate surface area is 172 Å². The van der Waals surface area contributed by atoms with Crippen molar-refractivity contribution in [1.29, 1.82) is 0 Å². The molecule has 0 fully saturated rings. The number of ether oxygens (including phenoxy) is 1. The van der Waals surface area contributed by atoms with Gasteiger partial charge >= 0.3 is 11.7 Å². The summed E-state index contributed by atoms with van der Waals surface area (Å²) in [7, 11) is 1.45. The molecule has 1 aromatic carbocycles. The Morgan fingerprint density at radius 2 is 1.86 bits per heavy atom. The highest BCUT2D eigenvalue weighted by Gasteiger charge is 2.26. The third kappa shape index (κ3) is 4.13. The van der Waals surface area contributed by atoms with Gasteiger partial charge in [0.15, 0.2) is 5.82 Å². The summed E-state index contributed by atoms with van der Waals surface area (Å²) in [4.78, 5) is 37.6. The maximum Gasteiger partial charge on any atom is 0.337 e. The van der Waals surface area contributed by atoms with Gasteiger partial charge in [0.2, 0.25) is 0 Å². The summed E-state index contributed by atoms with van der Waals surface area (Å²) < 4.78 is 22.7. The molecule has 0 saturated carbocycles. The molecule has 0 bridgehead atoms. The first-order chi connectivity index (χ1) is 13.4. The van der Waals surface area contributed by atoms with Crippen molar-refractivity contribution in [2.24, 2.45) is 7.05 Å². The molecule has 0 aliphatic rings. The average Bonchev–Trinajstić information content (AvgIpc) is 2.60. The van der Waals surface area contributed by atoms with Crippen LogP contribution >= 0.6 is 11.6 Å². The van der Waals surface area contributed by atoms with E-state index < -0.39 is 34.6 Å². The van der Waals surface area contributed by atoms with E-state index >= 15 is 4.39 Å². The maximum absolute atomic E-state index is 15.3. The third-order valence-corrected chi connectivity index (χ3v) is 5.11. The van der Waals surface area contributed by atoms with Crippen LogP contribution in [0, 0.1) is 12.7 Å². The molecule has 0 saturated heterocycles. The standard InChI is InChI=1S/C20H24ClFN2O5/c1-9(2)15-16(21)12(19(26)27)7-14(17(15)22)24-18(25)13(8-29-10(3)4)11(5)23(6)20(24)28/h7,9-10H,8H2,1-6H3,(H,26,27). The zero-order valence-electron chi connectivity index (χ0n) is 17.2. The molecule has 0 aliphatic heterocycles. The Balaban J connectivity index is 2.96. The van der Waals surface area contributed by atoms with E-state index in [1.54, 1.807) is 34.6 Å². The first-order valence-corrected chi connectivity index (χ1v) is 9.46. The van der Waals surface area contributed by atoms with Gasteiger partial charge < -0.3 is 14.4 Å². The van der Waals surface area contributed by atoms with E-state index in [0.29, 0.717) is 10.3 Å². The summed E-state index contributed by atoms with van der Waals surface area (Å²) >= 11 is 6.10. The Kier molecular flexibility index (Phi) is 6.70. The fourth-order valence-electron chi connectivity index (χ4n) is 2.97. The van der Waals surface area contributed by atoms with Crippen LogP contribution in [-0.4, -0.2) is 26.3 Å². The summed E-state index contributed by atoms with van der Waals surface area (Å²) in [6, 6.07) is 0.914. The molecule has 0 spiro atoms. The topological polar surface area (TPSA) is 90.5 Å². The molecular weight excluding hydrogens is 403 g/mol. The summed E-state index contributed by atoms with van der Waals surface area (Å²) in [6.45, 7) is 8.38. The van der Waals surface area contributed by atoms with Gasteiger partial charge in [-0.1, -0.05) is 25.4 Å². The lowest BCUT2D eigenvalue weighted by molar-refractivity contribution is 0.0640. The molecule has 0 amide bonds. The van der Waals surface area contributed by atoms with Gasteiger partial charge in [-0.3, -0.25) is 4.79 Å². The fourth-order valence-corrected chi connectivity index (χ4v) is 3.41. The van der Waals surface area contributed by atoms with Gasteiger partial charge in [0, 0.05) is 18.3 Å². The maximum atomic E-state index is 15.3. The van der Waals surface area contributed by atoms with Crippen LogP contribution < -0.4 is 11.2 Å². The quantitative estimate of drug-likeness (QED) is 0.764. The lowest BCUT2D eigenvalue weighted by atomic mass is 9.98. The highest BCUT2D eigenvalue weighted by molar-refractivity contribution is 6.34. The highest BCUT2D eigenvalue weighted by atomic mass is 35.5. The van der Waals surface area contributed by atoms with E-state index in [1.807, 2.05) is 0 Å². The van der Waals surface area contributed by atoms with Gasteiger partial charge in [0.05, 0.1) is 34.5 Å². The number of hydrogen-bond acceptors (Lipinski definition) is 4. The zero-order chi connectivity index (χ0) is 22.2. The van der Waals surface area contributed by atoms with Gasteiger partial charge in [-0.15, -0.1) is 0 Å². The summed E-state index contributed by atoms with van der Waals surface area (Å²) in [5.41, 5.74) is -1.91. The smallest absolute Gasteiger partial charge is 0.337 e.